The van der Waals surface area contributed by atoms with Crippen molar-refractivity contribution in [2.24, 2.45) is 0 Å². The summed E-state index contributed by atoms with van der Waals surface area (Å²) in [5.41, 5.74) is 0. The molecule has 2 heterocycles. The Kier molecular flexibility index (Phi) is 5.13. The molecule has 7 heteroatoms. The molecule has 0 amide bonds. The van der Waals surface area contributed by atoms with Crippen molar-refractivity contribution in [1.82, 2.24) is 5.06 Å². The molecule has 0 bridgehead atoms. The molecule has 112 valence electrons. The van der Waals surface area contributed by atoms with Crippen molar-refractivity contribution in [3.8, 4) is 0 Å². The number of hydrogen-bond donors (Lipinski definition) is 4. The van der Waals surface area contributed by atoms with E-state index in [0.29, 0.717) is 13.1 Å². The van der Waals surface area contributed by atoms with Gasteiger partial charge in [-0.1, -0.05) is 12.8 Å². The first-order valence-corrected chi connectivity index (χ1v) is 6.82. The molecule has 0 aromatic heterocycles. The van der Waals surface area contributed by atoms with Crippen molar-refractivity contribution >= 4 is 0 Å². The van der Waals surface area contributed by atoms with Crippen LogP contribution in [-0.2, 0) is 9.57 Å². The summed E-state index contributed by atoms with van der Waals surface area (Å²) in [5, 5.41) is 40.0. The number of nitrogens with zero attached hydrogens (tertiary/aromatic N) is 1. The maximum absolute atomic E-state index is 10.0. The van der Waals surface area contributed by atoms with E-state index in [0.717, 1.165) is 25.7 Å². The van der Waals surface area contributed by atoms with Gasteiger partial charge >= 0.3 is 0 Å². The van der Waals surface area contributed by atoms with Crippen LogP contribution in [0.25, 0.3) is 0 Å². The summed E-state index contributed by atoms with van der Waals surface area (Å²) in [5.74, 6) is -1.68. The van der Waals surface area contributed by atoms with Crippen molar-refractivity contribution in [3.05, 3.63) is 0 Å². The first-order valence-electron chi connectivity index (χ1n) is 6.82. The maximum Gasteiger partial charge on any atom is 0.240 e. The van der Waals surface area contributed by atoms with Gasteiger partial charge in [0.15, 0.2) is 0 Å². The van der Waals surface area contributed by atoms with Gasteiger partial charge in [-0.15, -0.1) is 0 Å². The van der Waals surface area contributed by atoms with Crippen LogP contribution in [0.3, 0.4) is 0 Å². The molecule has 2 aliphatic heterocycles. The number of hydrogen-bond acceptors (Lipinski definition) is 7. The van der Waals surface area contributed by atoms with E-state index in [2.05, 4.69) is 0 Å². The summed E-state index contributed by atoms with van der Waals surface area (Å²) in [7, 11) is 0. The highest BCUT2D eigenvalue weighted by molar-refractivity contribution is 4.96. The van der Waals surface area contributed by atoms with Gasteiger partial charge in [-0.25, -0.2) is 0 Å². The number of aliphatic hydroxyl groups is 4. The van der Waals surface area contributed by atoms with Crippen LogP contribution >= 0.6 is 0 Å². The van der Waals surface area contributed by atoms with Gasteiger partial charge in [0, 0.05) is 13.1 Å². The molecule has 2 fully saturated rings. The Morgan fingerprint density at radius 3 is 2.21 bits per heavy atom. The lowest BCUT2D eigenvalue weighted by molar-refractivity contribution is -0.368. The molecule has 19 heavy (non-hydrogen) atoms. The molecule has 4 atom stereocenters. The highest BCUT2D eigenvalue weighted by Gasteiger charge is 2.56. The Morgan fingerprint density at radius 2 is 1.74 bits per heavy atom. The van der Waals surface area contributed by atoms with E-state index >= 15 is 0 Å². The molecule has 2 saturated heterocycles. The topological polar surface area (TPSA) is 103 Å². The average molecular weight is 277 g/mol. The molecule has 0 aromatic rings. The Hall–Kier alpha value is -0.280. The Morgan fingerprint density at radius 1 is 1.11 bits per heavy atom. The van der Waals surface area contributed by atoms with Gasteiger partial charge in [-0.3, -0.25) is 4.84 Å². The van der Waals surface area contributed by atoms with E-state index in [1.54, 1.807) is 5.06 Å². The first kappa shape index (κ1) is 15.1. The van der Waals surface area contributed by atoms with Crippen LogP contribution in [0.15, 0.2) is 0 Å². The molecule has 4 N–H and O–H groups in total. The number of aliphatic hydroxyl groups excluding tert-OH is 4. The molecule has 0 saturated carbocycles. The minimum atomic E-state index is -1.68. The summed E-state index contributed by atoms with van der Waals surface area (Å²) in [6.45, 7) is 0.358. The minimum Gasteiger partial charge on any atom is -0.394 e. The zero-order valence-electron chi connectivity index (χ0n) is 10.9. The fraction of sp³-hybridized carbons (Fsp3) is 1.00. The number of ether oxygens (including phenoxy) is 1. The third kappa shape index (κ3) is 3.08. The van der Waals surface area contributed by atoms with E-state index in [9.17, 15) is 15.3 Å². The van der Waals surface area contributed by atoms with Gasteiger partial charge in [0.05, 0.1) is 6.61 Å². The smallest absolute Gasteiger partial charge is 0.240 e. The van der Waals surface area contributed by atoms with Gasteiger partial charge < -0.3 is 25.2 Å². The van der Waals surface area contributed by atoms with Crippen LogP contribution < -0.4 is 0 Å². The quantitative estimate of drug-likeness (QED) is 0.501. The highest BCUT2D eigenvalue weighted by atomic mass is 16.8. The van der Waals surface area contributed by atoms with Crippen molar-refractivity contribution in [3.63, 3.8) is 0 Å². The second-order valence-corrected chi connectivity index (χ2v) is 5.18. The largest absolute Gasteiger partial charge is 0.394 e. The van der Waals surface area contributed by atoms with Crippen molar-refractivity contribution < 1.29 is 30.0 Å². The van der Waals surface area contributed by atoms with E-state index in [4.69, 9.17) is 14.7 Å². The number of hydroxylamine groups is 2. The molecule has 2 rings (SSSR count). The van der Waals surface area contributed by atoms with E-state index in [1.807, 2.05) is 0 Å². The molecule has 0 unspecified atom stereocenters. The van der Waals surface area contributed by atoms with Crippen LogP contribution in [0, 0.1) is 0 Å². The lowest BCUT2D eigenvalue weighted by atomic mass is 10.1. The molecule has 7 nitrogen and oxygen atoms in total. The Labute approximate surface area is 112 Å². The second kappa shape index (κ2) is 6.45. The van der Waals surface area contributed by atoms with Crippen LogP contribution in [0.2, 0.25) is 0 Å². The molecule has 2 aliphatic rings. The van der Waals surface area contributed by atoms with Crippen molar-refractivity contribution in [2.75, 3.05) is 26.3 Å². The summed E-state index contributed by atoms with van der Waals surface area (Å²) in [6, 6.07) is 0. The fourth-order valence-electron chi connectivity index (χ4n) is 2.59. The minimum absolute atomic E-state index is 0.441. The molecule has 0 aromatic carbocycles. The van der Waals surface area contributed by atoms with E-state index in [1.165, 1.54) is 0 Å². The van der Waals surface area contributed by atoms with Gasteiger partial charge in [0.2, 0.25) is 5.79 Å². The average Bonchev–Trinajstić information content (AvgIpc) is 2.63. The SMILES string of the molecule is OC[C@@H]1O[C@@](CO)(ON2CCCCCC2)[C@@H](O)[C@@H]1O. The predicted octanol–water partition coefficient (Wildman–Crippen LogP) is -1.40. The summed E-state index contributed by atoms with van der Waals surface area (Å²) in [6.07, 6.45) is 0.582. The lowest BCUT2D eigenvalue weighted by Crippen LogP contribution is -2.52. The van der Waals surface area contributed by atoms with Crippen LogP contribution in [0.1, 0.15) is 25.7 Å². The third-order valence-electron chi connectivity index (χ3n) is 3.75. The Balaban J connectivity index is 2.05. The zero-order valence-corrected chi connectivity index (χ0v) is 10.9. The summed E-state index contributed by atoms with van der Waals surface area (Å²) < 4.78 is 5.35. The molecular formula is C12H23NO6. The van der Waals surface area contributed by atoms with Crippen molar-refractivity contribution in [2.45, 2.75) is 49.8 Å². The molecule has 0 radical (unpaired) electrons. The van der Waals surface area contributed by atoms with Gasteiger partial charge in [0.25, 0.3) is 0 Å². The lowest BCUT2D eigenvalue weighted by Gasteiger charge is -2.34. The third-order valence-corrected chi connectivity index (χ3v) is 3.75. The van der Waals surface area contributed by atoms with E-state index < -0.39 is 37.3 Å². The predicted molar refractivity (Wildman–Crippen MR) is 64.9 cm³/mol. The Bertz CT molecular complexity index is 283. The van der Waals surface area contributed by atoms with Gasteiger partial charge in [-0.2, -0.15) is 5.06 Å². The number of rotatable bonds is 4. The summed E-state index contributed by atoms with van der Waals surface area (Å²) in [4.78, 5) is 5.62. The molecular weight excluding hydrogens is 254 g/mol. The standard InChI is InChI=1S/C12H23NO6/c14-7-9-10(16)11(17)12(8-15,18-9)19-13-5-3-1-2-4-6-13/h9-11,14-17H,1-8H2/t9-,10+,11-,12-/m0/s1. The van der Waals surface area contributed by atoms with Crippen molar-refractivity contribution in [1.29, 1.82) is 0 Å². The summed E-state index contributed by atoms with van der Waals surface area (Å²) >= 11 is 0. The monoisotopic (exact) mass is 277 g/mol. The van der Waals surface area contributed by atoms with Crippen LogP contribution in [0.5, 0.6) is 0 Å². The molecule has 0 spiro atoms. The first-order chi connectivity index (χ1) is 9.13. The highest BCUT2D eigenvalue weighted by Crippen LogP contribution is 2.33. The van der Waals surface area contributed by atoms with Crippen LogP contribution in [-0.4, -0.2) is 75.9 Å². The van der Waals surface area contributed by atoms with Gasteiger partial charge in [0.1, 0.15) is 24.9 Å². The van der Waals surface area contributed by atoms with Crippen LogP contribution in [0.4, 0.5) is 0 Å². The normalized spacial score (nSPS) is 41.4. The fourth-order valence-corrected chi connectivity index (χ4v) is 2.59. The zero-order chi connectivity index (χ0) is 13.9. The molecule has 0 aliphatic carbocycles. The maximum atomic E-state index is 10.0. The second-order valence-electron chi connectivity index (χ2n) is 5.18. The van der Waals surface area contributed by atoms with E-state index in [-0.39, 0.29) is 0 Å². The van der Waals surface area contributed by atoms with Gasteiger partial charge in [-0.05, 0) is 12.8 Å².